The second-order valence-electron chi connectivity index (χ2n) is 5.41. The van der Waals surface area contributed by atoms with Crippen molar-refractivity contribution < 1.29 is 9.59 Å². The SMILES string of the molecule is CCCC(=O)Nc1ccc(Cl)c(NC(=O)c2ccc(C)c(Br)c2)c1. The van der Waals surface area contributed by atoms with Crippen LogP contribution in [-0.2, 0) is 4.79 Å². The molecule has 2 aromatic rings. The van der Waals surface area contributed by atoms with Gasteiger partial charge in [-0.15, -0.1) is 0 Å². The van der Waals surface area contributed by atoms with Gasteiger partial charge < -0.3 is 10.6 Å². The van der Waals surface area contributed by atoms with Crippen molar-refractivity contribution in [3.8, 4) is 0 Å². The number of benzene rings is 2. The lowest BCUT2D eigenvalue weighted by Crippen LogP contribution is -2.14. The van der Waals surface area contributed by atoms with E-state index in [0.29, 0.717) is 28.4 Å². The smallest absolute Gasteiger partial charge is 0.255 e. The molecule has 0 aliphatic rings. The van der Waals surface area contributed by atoms with E-state index in [2.05, 4.69) is 26.6 Å². The van der Waals surface area contributed by atoms with Gasteiger partial charge in [-0.3, -0.25) is 9.59 Å². The van der Waals surface area contributed by atoms with Crippen LogP contribution in [0.4, 0.5) is 11.4 Å². The largest absolute Gasteiger partial charge is 0.326 e. The van der Waals surface area contributed by atoms with Crippen LogP contribution in [0.3, 0.4) is 0 Å². The summed E-state index contributed by atoms with van der Waals surface area (Å²) >= 11 is 9.56. The molecule has 0 fully saturated rings. The van der Waals surface area contributed by atoms with Gasteiger partial charge in [-0.2, -0.15) is 0 Å². The summed E-state index contributed by atoms with van der Waals surface area (Å²) in [6, 6.07) is 10.4. The predicted molar refractivity (Wildman–Crippen MR) is 102 cm³/mol. The van der Waals surface area contributed by atoms with E-state index in [4.69, 9.17) is 11.6 Å². The molecule has 4 nitrogen and oxygen atoms in total. The highest BCUT2D eigenvalue weighted by Gasteiger charge is 2.11. The van der Waals surface area contributed by atoms with Gasteiger partial charge in [0, 0.05) is 22.1 Å². The predicted octanol–water partition coefficient (Wildman–Crippen LogP) is 5.40. The molecule has 0 aromatic heterocycles. The van der Waals surface area contributed by atoms with E-state index in [9.17, 15) is 9.59 Å². The Bertz CT molecular complexity index is 778. The van der Waals surface area contributed by atoms with Gasteiger partial charge in [0.05, 0.1) is 10.7 Å². The number of amides is 2. The number of nitrogens with one attached hydrogen (secondary N) is 2. The average Bonchev–Trinajstić information content (AvgIpc) is 2.53. The van der Waals surface area contributed by atoms with Crippen LogP contribution in [0, 0.1) is 6.92 Å². The third kappa shape index (κ3) is 4.82. The van der Waals surface area contributed by atoms with Gasteiger partial charge in [-0.05, 0) is 49.2 Å². The van der Waals surface area contributed by atoms with Crippen molar-refractivity contribution in [1.29, 1.82) is 0 Å². The number of halogens is 2. The van der Waals surface area contributed by atoms with Gasteiger partial charge in [0.15, 0.2) is 0 Å². The summed E-state index contributed by atoms with van der Waals surface area (Å²) in [4.78, 5) is 24.1. The van der Waals surface area contributed by atoms with Crippen molar-refractivity contribution in [2.75, 3.05) is 10.6 Å². The van der Waals surface area contributed by atoms with E-state index in [0.717, 1.165) is 16.5 Å². The Labute approximate surface area is 154 Å². The topological polar surface area (TPSA) is 58.2 Å². The number of carbonyl (C=O) groups excluding carboxylic acids is 2. The molecule has 2 aromatic carbocycles. The van der Waals surface area contributed by atoms with Crippen LogP contribution in [0.15, 0.2) is 40.9 Å². The van der Waals surface area contributed by atoms with Crippen LogP contribution >= 0.6 is 27.5 Å². The Kier molecular flexibility index (Phi) is 6.40. The fourth-order valence-electron chi connectivity index (χ4n) is 2.08. The quantitative estimate of drug-likeness (QED) is 0.694. The maximum Gasteiger partial charge on any atom is 0.255 e. The number of anilines is 2. The molecule has 0 bridgehead atoms. The summed E-state index contributed by atoms with van der Waals surface area (Å²) in [5, 5.41) is 5.97. The van der Waals surface area contributed by atoms with Crippen molar-refractivity contribution in [3.63, 3.8) is 0 Å². The van der Waals surface area contributed by atoms with Crippen molar-refractivity contribution in [2.24, 2.45) is 0 Å². The van der Waals surface area contributed by atoms with Crippen molar-refractivity contribution >= 4 is 50.7 Å². The Hall–Kier alpha value is -1.85. The van der Waals surface area contributed by atoms with Crippen molar-refractivity contribution in [3.05, 3.63) is 57.0 Å². The van der Waals surface area contributed by atoms with Gasteiger partial charge in [0.1, 0.15) is 0 Å². The lowest BCUT2D eigenvalue weighted by Gasteiger charge is -2.11. The highest BCUT2D eigenvalue weighted by Crippen LogP contribution is 2.27. The fraction of sp³-hybridized carbons (Fsp3) is 0.222. The van der Waals surface area contributed by atoms with E-state index in [1.54, 1.807) is 30.3 Å². The monoisotopic (exact) mass is 408 g/mol. The number of rotatable bonds is 5. The average molecular weight is 410 g/mol. The van der Waals surface area contributed by atoms with Crippen LogP contribution in [0.1, 0.15) is 35.7 Å². The zero-order valence-corrected chi connectivity index (χ0v) is 15.8. The molecule has 0 saturated heterocycles. The van der Waals surface area contributed by atoms with Crippen LogP contribution in [0.25, 0.3) is 0 Å². The molecule has 2 N–H and O–H groups in total. The lowest BCUT2D eigenvalue weighted by atomic mass is 10.1. The number of carbonyl (C=O) groups is 2. The molecule has 2 amide bonds. The lowest BCUT2D eigenvalue weighted by molar-refractivity contribution is -0.116. The maximum atomic E-state index is 12.4. The molecule has 0 aliphatic carbocycles. The second-order valence-corrected chi connectivity index (χ2v) is 6.67. The summed E-state index contributed by atoms with van der Waals surface area (Å²) in [7, 11) is 0. The van der Waals surface area contributed by atoms with E-state index >= 15 is 0 Å². The van der Waals surface area contributed by atoms with E-state index in [-0.39, 0.29) is 11.8 Å². The van der Waals surface area contributed by atoms with Gasteiger partial charge in [0.25, 0.3) is 5.91 Å². The van der Waals surface area contributed by atoms with Gasteiger partial charge in [-0.25, -0.2) is 0 Å². The first kappa shape index (κ1) is 18.5. The van der Waals surface area contributed by atoms with Crippen molar-refractivity contribution in [2.45, 2.75) is 26.7 Å². The van der Waals surface area contributed by atoms with Gasteiger partial charge in [0.2, 0.25) is 5.91 Å². The Morgan fingerprint density at radius 1 is 1.12 bits per heavy atom. The van der Waals surface area contributed by atoms with E-state index in [1.165, 1.54) is 0 Å². The van der Waals surface area contributed by atoms with Crippen LogP contribution in [0.5, 0.6) is 0 Å². The summed E-state index contributed by atoms with van der Waals surface area (Å²) in [5.41, 5.74) is 2.61. The number of aryl methyl sites for hydroxylation is 1. The first-order valence-electron chi connectivity index (χ1n) is 7.57. The summed E-state index contributed by atoms with van der Waals surface area (Å²) < 4.78 is 0.863. The molecule has 0 atom stereocenters. The highest BCUT2D eigenvalue weighted by molar-refractivity contribution is 9.10. The first-order valence-corrected chi connectivity index (χ1v) is 8.74. The van der Waals surface area contributed by atoms with Crippen molar-refractivity contribution in [1.82, 2.24) is 0 Å². The van der Waals surface area contributed by atoms with Gasteiger partial charge in [-0.1, -0.05) is 40.5 Å². The van der Waals surface area contributed by atoms with E-state index < -0.39 is 0 Å². The van der Waals surface area contributed by atoms with Crippen LogP contribution in [0.2, 0.25) is 5.02 Å². The number of hydrogen-bond donors (Lipinski definition) is 2. The number of hydrogen-bond acceptors (Lipinski definition) is 2. The maximum absolute atomic E-state index is 12.4. The van der Waals surface area contributed by atoms with Crippen LogP contribution in [-0.4, -0.2) is 11.8 Å². The zero-order valence-electron chi connectivity index (χ0n) is 13.5. The molecule has 0 saturated carbocycles. The first-order chi connectivity index (χ1) is 11.4. The third-order valence-corrected chi connectivity index (χ3v) is 4.59. The second kappa shape index (κ2) is 8.31. The molecule has 0 heterocycles. The zero-order chi connectivity index (χ0) is 17.7. The Balaban J connectivity index is 2.17. The van der Waals surface area contributed by atoms with Crippen LogP contribution < -0.4 is 10.6 Å². The molecule has 0 aliphatic heterocycles. The minimum absolute atomic E-state index is 0.0698. The highest BCUT2D eigenvalue weighted by atomic mass is 79.9. The standard InChI is InChI=1S/C18H18BrClN2O2/c1-3-4-17(23)21-13-7-8-15(20)16(10-13)22-18(24)12-6-5-11(2)14(19)9-12/h5-10H,3-4H2,1-2H3,(H,21,23)(H,22,24). The minimum Gasteiger partial charge on any atom is -0.326 e. The molecule has 24 heavy (non-hydrogen) atoms. The molecular weight excluding hydrogens is 392 g/mol. The molecule has 2 rings (SSSR count). The summed E-state index contributed by atoms with van der Waals surface area (Å²) in [5.74, 6) is -0.339. The Morgan fingerprint density at radius 2 is 1.88 bits per heavy atom. The van der Waals surface area contributed by atoms with Gasteiger partial charge >= 0.3 is 0 Å². The minimum atomic E-state index is -0.269. The normalized spacial score (nSPS) is 10.3. The molecule has 126 valence electrons. The molecule has 0 radical (unpaired) electrons. The third-order valence-electron chi connectivity index (χ3n) is 3.41. The Morgan fingerprint density at radius 3 is 2.54 bits per heavy atom. The fourth-order valence-corrected chi connectivity index (χ4v) is 2.62. The molecule has 6 heteroatoms. The summed E-state index contributed by atoms with van der Waals surface area (Å²) in [6.45, 7) is 3.89. The molecular formula is C18H18BrClN2O2. The molecule has 0 spiro atoms. The van der Waals surface area contributed by atoms with E-state index in [1.807, 2.05) is 19.9 Å². The molecule has 0 unspecified atom stereocenters. The summed E-state index contributed by atoms with van der Waals surface area (Å²) in [6.07, 6.45) is 1.22.